The maximum absolute atomic E-state index is 12.9. The molecule has 0 aliphatic rings. The summed E-state index contributed by atoms with van der Waals surface area (Å²) in [5, 5.41) is 5.98. The maximum Gasteiger partial charge on any atom is 0.340 e. The lowest BCUT2D eigenvalue weighted by Crippen LogP contribution is -2.29. The van der Waals surface area contributed by atoms with Gasteiger partial charge in [-0.05, 0) is 24.0 Å². The molecule has 120 valence electrons. The van der Waals surface area contributed by atoms with E-state index in [1.165, 1.54) is 11.4 Å². The first-order valence-electron chi connectivity index (χ1n) is 7.10. The normalized spacial score (nSPS) is 12.0. The fourth-order valence-electron chi connectivity index (χ4n) is 2.36. The Labute approximate surface area is 129 Å². The van der Waals surface area contributed by atoms with Crippen molar-refractivity contribution >= 4 is 10.0 Å². The highest BCUT2D eigenvalue weighted by Crippen LogP contribution is 2.25. The zero-order valence-corrected chi connectivity index (χ0v) is 13.7. The summed E-state index contributed by atoms with van der Waals surface area (Å²) in [4.78, 5) is 13.9. The second-order valence-electron chi connectivity index (χ2n) is 5.00. The summed E-state index contributed by atoms with van der Waals surface area (Å²) in [5.41, 5.74) is 1.13. The number of aromatic nitrogens is 3. The minimum Gasteiger partial charge on any atom is -0.292 e. The third-order valence-corrected chi connectivity index (χ3v) is 5.52. The molecule has 0 aliphatic carbocycles. The number of nitrogens with one attached hydrogen (secondary N) is 2. The van der Waals surface area contributed by atoms with Crippen LogP contribution in [0.2, 0.25) is 0 Å². The SMILES string of the molecule is CCc1cccc(CC)c1S(=O)(=O)N(C)Cc1n[nH]c(=O)[nH]1. The largest absolute Gasteiger partial charge is 0.340 e. The number of sulfonamides is 1. The van der Waals surface area contributed by atoms with E-state index in [1.807, 2.05) is 32.0 Å². The Morgan fingerprint density at radius 1 is 1.18 bits per heavy atom. The van der Waals surface area contributed by atoms with Crippen molar-refractivity contribution < 1.29 is 8.42 Å². The Kier molecular flexibility index (Phi) is 4.82. The lowest BCUT2D eigenvalue weighted by atomic mass is 10.1. The molecule has 22 heavy (non-hydrogen) atoms. The van der Waals surface area contributed by atoms with Crippen LogP contribution in [-0.4, -0.2) is 35.0 Å². The number of hydrogen-bond donors (Lipinski definition) is 2. The lowest BCUT2D eigenvalue weighted by Gasteiger charge is -2.20. The fraction of sp³-hybridized carbons (Fsp3) is 0.429. The number of benzene rings is 1. The quantitative estimate of drug-likeness (QED) is 0.829. The van der Waals surface area contributed by atoms with Gasteiger partial charge < -0.3 is 0 Å². The van der Waals surface area contributed by atoms with Gasteiger partial charge in [-0.1, -0.05) is 32.0 Å². The van der Waals surface area contributed by atoms with Crippen LogP contribution in [0.1, 0.15) is 30.8 Å². The molecule has 0 amide bonds. The highest BCUT2D eigenvalue weighted by atomic mass is 32.2. The Balaban J connectivity index is 2.43. The molecule has 1 aromatic carbocycles. The number of H-pyrrole nitrogens is 2. The summed E-state index contributed by atoms with van der Waals surface area (Å²) in [6.45, 7) is 3.86. The van der Waals surface area contributed by atoms with Gasteiger partial charge in [0.05, 0.1) is 11.4 Å². The van der Waals surface area contributed by atoms with Crippen LogP contribution >= 0.6 is 0 Å². The average Bonchev–Trinajstić information content (AvgIpc) is 2.91. The Hall–Kier alpha value is -1.93. The first kappa shape index (κ1) is 16.4. The van der Waals surface area contributed by atoms with Gasteiger partial charge >= 0.3 is 5.69 Å². The molecule has 0 saturated heterocycles. The summed E-state index contributed by atoms with van der Waals surface area (Å²) in [7, 11) is -2.18. The number of aryl methyl sites for hydroxylation is 2. The Morgan fingerprint density at radius 3 is 2.23 bits per heavy atom. The smallest absolute Gasteiger partial charge is 0.292 e. The van der Waals surface area contributed by atoms with Crippen molar-refractivity contribution in [1.82, 2.24) is 19.5 Å². The molecular formula is C14H20N4O3S. The van der Waals surface area contributed by atoms with Gasteiger partial charge in [0.1, 0.15) is 5.82 Å². The minimum atomic E-state index is -3.66. The van der Waals surface area contributed by atoms with Gasteiger partial charge in [0.15, 0.2) is 0 Å². The molecule has 7 nitrogen and oxygen atoms in total. The van der Waals surface area contributed by atoms with Crippen LogP contribution in [0.5, 0.6) is 0 Å². The van der Waals surface area contributed by atoms with E-state index in [4.69, 9.17) is 0 Å². The van der Waals surface area contributed by atoms with E-state index in [1.54, 1.807) is 0 Å². The van der Waals surface area contributed by atoms with Crippen molar-refractivity contribution in [2.75, 3.05) is 7.05 Å². The van der Waals surface area contributed by atoms with Crippen molar-refractivity contribution in [1.29, 1.82) is 0 Å². The van der Waals surface area contributed by atoms with Crippen molar-refractivity contribution in [2.24, 2.45) is 0 Å². The zero-order chi connectivity index (χ0) is 16.3. The summed E-state index contributed by atoms with van der Waals surface area (Å²) >= 11 is 0. The lowest BCUT2D eigenvalue weighted by molar-refractivity contribution is 0.455. The second kappa shape index (κ2) is 6.45. The van der Waals surface area contributed by atoms with Crippen LogP contribution in [-0.2, 0) is 29.4 Å². The number of nitrogens with zero attached hydrogens (tertiary/aromatic N) is 2. The molecule has 0 unspecified atom stereocenters. The molecule has 0 spiro atoms. The first-order valence-corrected chi connectivity index (χ1v) is 8.54. The van der Waals surface area contributed by atoms with Crippen molar-refractivity contribution in [3.05, 3.63) is 45.6 Å². The number of aromatic amines is 2. The van der Waals surface area contributed by atoms with E-state index in [9.17, 15) is 13.2 Å². The summed E-state index contributed by atoms with van der Waals surface area (Å²) < 4.78 is 27.0. The maximum atomic E-state index is 12.9. The van der Waals surface area contributed by atoms with Gasteiger partial charge in [0, 0.05) is 7.05 Å². The van der Waals surface area contributed by atoms with Gasteiger partial charge in [0.2, 0.25) is 10.0 Å². The summed E-state index contributed by atoms with van der Waals surface area (Å²) in [6, 6.07) is 5.54. The van der Waals surface area contributed by atoms with Gasteiger partial charge in [-0.15, -0.1) is 0 Å². The van der Waals surface area contributed by atoms with E-state index in [2.05, 4.69) is 15.2 Å². The molecule has 1 aromatic heterocycles. The van der Waals surface area contributed by atoms with Crippen LogP contribution in [0, 0.1) is 0 Å². The van der Waals surface area contributed by atoms with E-state index in [-0.39, 0.29) is 12.4 Å². The Morgan fingerprint density at radius 2 is 1.77 bits per heavy atom. The monoisotopic (exact) mass is 324 g/mol. The van der Waals surface area contributed by atoms with Crippen LogP contribution in [0.4, 0.5) is 0 Å². The molecule has 0 saturated carbocycles. The Bertz CT molecular complexity index is 785. The van der Waals surface area contributed by atoms with Crippen LogP contribution < -0.4 is 5.69 Å². The zero-order valence-electron chi connectivity index (χ0n) is 12.9. The van der Waals surface area contributed by atoms with Crippen LogP contribution in [0.15, 0.2) is 27.9 Å². The molecule has 2 aromatic rings. The molecule has 1 heterocycles. The number of rotatable bonds is 6. The highest BCUT2D eigenvalue weighted by Gasteiger charge is 2.26. The van der Waals surface area contributed by atoms with E-state index in [0.717, 1.165) is 11.1 Å². The minimum absolute atomic E-state index is 0.00226. The highest BCUT2D eigenvalue weighted by molar-refractivity contribution is 7.89. The molecule has 0 radical (unpaired) electrons. The van der Waals surface area contributed by atoms with Crippen molar-refractivity contribution in [3.63, 3.8) is 0 Å². The van der Waals surface area contributed by atoms with Gasteiger partial charge in [-0.25, -0.2) is 18.3 Å². The van der Waals surface area contributed by atoms with E-state index < -0.39 is 15.7 Å². The molecule has 0 bridgehead atoms. The molecule has 0 fully saturated rings. The molecule has 8 heteroatoms. The average molecular weight is 324 g/mol. The molecule has 2 rings (SSSR count). The molecule has 0 aliphatic heterocycles. The predicted octanol–water partition coefficient (Wildman–Crippen LogP) is 1.04. The summed E-state index contributed by atoms with van der Waals surface area (Å²) in [6.07, 6.45) is 1.27. The standard InChI is InChI=1S/C14H20N4O3S/c1-4-10-7-6-8-11(5-2)13(10)22(20,21)18(3)9-12-15-14(19)17-16-12/h6-8H,4-5,9H2,1-3H3,(H2,15,16,17,19). The van der Waals surface area contributed by atoms with E-state index >= 15 is 0 Å². The summed E-state index contributed by atoms with van der Waals surface area (Å²) in [5.74, 6) is 0.281. The van der Waals surface area contributed by atoms with Crippen molar-refractivity contribution in [2.45, 2.75) is 38.1 Å². The molecular weight excluding hydrogens is 304 g/mol. The fourth-order valence-corrected chi connectivity index (χ4v) is 4.05. The predicted molar refractivity (Wildman–Crippen MR) is 83.1 cm³/mol. The first-order chi connectivity index (χ1) is 10.4. The number of hydrogen-bond acceptors (Lipinski definition) is 4. The molecule has 2 N–H and O–H groups in total. The van der Waals surface area contributed by atoms with Gasteiger partial charge in [-0.2, -0.15) is 9.40 Å². The second-order valence-corrected chi connectivity index (χ2v) is 6.98. The van der Waals surface area contributed by atoms with Gasteiger partial charge in [-0.3, -0.25) is 4.98 Å². The van der Waals surface area contributed by atoms with E-state index in [0.29, 0.717) is 17.7 Å². The third-order valence-electron chi connectivity index (χ3n) is 3.53. The van der Waals surface area contributed by atoms with Crippen LogP contribution in [0.25, 0.3) is 0 Å². The van der Waals surface area contributed by atoms with Crippen molar-refractivity contribution in [3.8, 4) is 0 Å². The molecule has 0 atom stereocenters. The topological polar surface area (TPSA) is 98.9 Å². The third kappa shape index (κ3) is 3.12. The van der Waals surface area contributed by atoms with Gasteiger partial charge in [0.25, 0.3) is 0 Å². The van der Waals surface area contributed by atoms with Crippen LogP contribution in [0.3, 0.4) is 0 Å².